The van der Waals surface area contributed by atoms with Crippen molar-refractivity contribution in [2.45, 2.75) is 6.92 Å². The second-order valence-electron chi connectivity index (χ2n) is 3.57. The van der Waals surface area contributed by atoms with Crippen LogP contribution in [-0.2, 0) is 19.7 Å². The molecule has 0 fully saturated rings. The molecule has 0 aliphatic rings. The Balaban J connectivity index is 2.58. The Morgan fingerprint density at radius 1 is 1.63 bits per heavy atom. The number of carbonyl (C=O) groups excluding carboxylic acids is 1. The van der Waals surface area contributed by atoms with Gasteiger partial charge in [0, 0.05) is 18.8 Å². The summed E-state index contributed by atoms with van der Waals surface area (Å²) in [6.07, 6.45) is 1.04. The first-order valence-electron chi connectivity index (χ1n) is 5.16. The van der Waals surface area contributed by atoms with E-state index in [0.717, 1.165) is 6.26 Å². The quantitative estimate of drug-likeness (QED) is 0.401. The van der Waals surface area contributed by atoms with E-state index in [1.165, 1.54) is 18.3 Å². The van der Waals surface area contributed by atoms with Crippen LogP contribution in [0.3, 0.4) is 0 Å². The van der Waals surface area contributed by atoms with Crippen molar-refractivity contribution in [1.82, 2.24) is 9.71 Å². The predicted octanol–water partition coefficient (Wildman–Crippen LogP) is -0.416. The maximum Gasteiger partial charge on any atom is 0.208 e. The van der Waals surface area contributed by atoms with Crippen molar-refractivity contribution in [1.29, 1.82) is 0 Å². The monoisotopic (exact) mass is 306 g/mol. The topological polar surface area (TPSA) is 124 Å². The summed E-state index contributed by atoms with van der Waals surface area (Å²) in [6.45, 7) is 1.39. The maximum absolute atomic E-state index is 11.4. The molecule has 1 rings (SSSR count). The number of nitrogens with zero attached hydrogens (tertiary/aromatic N) is 2. The molecule has 1 heterocycles. The molecule has 1 aromatic heterocycles. The van der Waals surface area contributed by atoms with Crippen molar-refractivity contribution in [3.05, 3.63) is 11.1 Å². The third-order valence-electron chi connectivity index (χ3n) is 1.81. The lowest BCUT2D eigenvalue weighted by molar-refractivity contribution is -0.111. The second-order valence-corrected chi connectivity index (χ2v) is 6.29. The van der Waals surface area contributed by atoms with Crippen molar-refractivity contribution < 1.29 is 18.0 Å². The van der Waals surface area contributed by atoms with Crippen LogP contribution in [0, 0.1) is 0 Å². The number of Topliss-reactive ketones (excluding diaryl/α,β-unsaturated/α-hetero) is 1. The van der Waals surface area contributed by atoms with E-state index in [1.54, 1.807) is 5.38 Å². The number of ketones is 1. The zero-order valence-corrected chi connectivity index (χ0v) is 12.0. The Labute approximate surface area is 114 Å². The number of aromatic nitrogens is 1. The van der Waals surface area contributed by atoms with Crippen LogP contribution < -0.4 is 10.5 Å². The van der Waals surface area contributed by atoms with Gasteiger partial charge in [-0.2, -0.15) is 0 Å². The number of nitrogens with two attached hydrogens (primary N) is 1. The van der Waals surface area contributed by atoms with Crippen LogP contribution in [0.4, 0.5) is 5.13 Å². The Bertz CT molecular complexity index is 579. The van der Waals surface area contributed by atoms with E-state index < -0.39 is 10.0 Å². The minimum atomic E-state index is -3.26. The first-order chi connectivity index (χ1) is 8.79. The molecule has 1 aromatic rings. The van der Waals surface area contributed by atoms with E-state index in [2.05, 4.69) is 14.9 Å². The van der Waals surface area contributed by atoms with E-state index in [-0.39, 0.29) is 24.6 Å². The van der Waals surface area contributed by atoms with E-state index in [0.29, 0.717) is 10.8 Å². The molecular weight excluding hydrogens is 292 g/mol. The molecule has 19 heavy (non-hydrogen) atoms. The van der Waals surface area contributed by atoms with E-state index >= 15 is 0 Å². The average Bonchev–Trinajstić information content (AvgIpc) is 2.67. The first-order valence-corrected chi connectivity index (χ1v) is 7.93. The SMILES string of the molecule is CC(=O)/C(=N\OCCNS(C)(=O)=O)c1csc(N)n1. The molecule has 0 amide bonds. The highest BCUT2D eigenvalue weighted by atomic mass is 32.2. The van der Waals surface area contributed by atoms with Gasteiger partial charge < -0.3 is 10.6 Å². The summed E-state index contributed by atoms with van der Waals surface area (Å²) >= 11 is 1.18. The number of rotatable bonds is 7. The third-order valence-corrected chi connectivity index (χ3v) is 3.21. The fourth-order valence-electron chi connectivity index (χ4n) is 1.07. The number of thiazole rings is 1. The fourth-order valence-corrected chi connectivity index (χ4v) is 2.07. The largest absolute Gasteiger partial charge is 0.394 e. The van der Waals surface area contributed by atoms with Gasteiger partial charge in [-0.3, -0.25) is 4.79 Å². The lowest BCUT2D eigenvalue weighted by Gasteiger charge is -2.02. The van der Waals surface area contributed by atoms with Crippen LogP contribution in [-0.4, -0.2) is 44.3 Å². The zero-order chi connectivity index (χ0) is 14.5. The van der Waals surface area contributed by atoms with Crippen LogP contribution >= 0.6 is 11.3 Å². The van der Waals surface area contributed by atoms with Gasteiger partial charge in [-0.05, 0) is 0 Å². The highest BCUT2D eigenvalue weighted by Gasteiger charge is 2.13. The van der Waals surface area contributed by atoms with Crippen molar-refractivity contribution in [2.75, 3.05) is 25.1 Å². The fraction of sp³-hybridized carbons (Fsp3) is 0.444. The number of hydrogen-bond acceptors (Lipinski definition) is 8. The predicted molar refractivity (Wildman–Crippen MR) is 72.5 cm³/mol. The number of hydrogen-bond donors (Lipinski definition) is 2. The molecule has 0 unspecified atom stereocenters. The summed E-state index contributed by atoms with van der Waals surface area (Å²) in [7, 11) is -3.26. The molecule has 0 saturated carbocycles. The Kier molecular flexibility index (Phi) is 5.39. The molecule has 0 bridgehead atoms. The third kappa shape index (κ3) is 5.77. The van der Waals surface area contributed by atoms with Gasteiger partial charge in [0.2, 0.25) is 10.0 Å². The standard InChI is InChI=1S/C9H14N4O4S2/c1-6(14)8(7-5-18-9(10)12-7)13-17-4-3-11-19(2,15)16/h5,11H,3-4H2,1-2H3,(H2,10,12)/b13-8+. The maximum atomic E-state index is 11.4. The lowest BCUT2D eigenvalue weighted by Crippen LogP contribution is -2.25. The second kappa shape index (κ2) is 6.59. The van der Waals surface area contributed by atoms with Crippen molar-refractivity contribution in [2.24, 2.45) is 5.16 Å². The molecule has 0 aliphatic heterocycles. The minimum absolute atomic E-state index is 0.00344. The normalized spacial score (nSPS) is 12.4. The van der Waals surface area contributed by atoms with Crippen molar-refractivity contribution >= 4 is 38.0 Å². The smallest absolute Gasteiger partial charge is 0.208 e. The molecule has 0 saturated heterocycles. The summed E-state index contributed by atoms with van der Waals surface area (Å²) in [6, 6.07) is 0. The molecule has 0 atom stereocenters. The molecule has 0 radical (unpaired) electrons. The first kappa shape index (κ1) is 15.5. The van der Waals surface area contributed by atoms with Crippen LogP contribution in [0.1, 0.15) is 12.6 Å². The van der Waals surface area contributed by atoms with E-state index in [1.807, 2.05) is 0 Å². The number of nitrogens with one attached hydrogen (secondary N) is 1. The summed E-state index contributed by atoms with van der Waals surface area (Å²) in [5.41, 5.74) is 5.85. The minimum Gasteiger partial charge on any atom is -0.394 e. The number of oxime groups is 1. The summed E-state index contributed by atoms with van der Waals surface area (Å²) < 4.78 is 23.8. The summed E-state index contributed by atoms with van der Waals surface area (Å²) in [5.74, 6) is -0.318. The number of anilines is 1. The van der Waals surface area contributed by atoms with Gasteiger partial charge in [-0.1, -0.05) is 5.16 Å². The molecule has 0 aliphatic carbocycles. The Morgan fingerprint density at radius 2 is 2.32 bits per heavy atom. The van der Waals surface area contributed by atoms with Gasteiger partial charge in [0.1, 0.15) is 12.3 Å². The zero-order valence-electron chi connectivity index (χ0n) is 10.4. The number of nitrogen functional groups attached to an aromatic ring is 1. The van der Waals surface area contributed by atoms with Gasteiger partial charge in [-0.15, -0.1) is 11.3 Å². The number of carbonyl (C=O) groups is 1. The van der Waals surface area contributed by atoms with Crippen molar-refractivity contribution in [3.63, 3.8) is 0 Å². The number of sulfonamides is 1. The molecule has 0 spiro atoms. The van der Waals surface area contributed by atoms with Gasteiger partial charge in [0.05, 0.1) is 6.26 Å². The van der Waals surface area contributed by atoms with Gasteiger partial charge in [-0.25, -0.2) is 18.1 Å². The van der Waals surface area contributed by atoms with Crippen LogP contribution in [0.15, 0.2) is 10.5 Å². The van der Waals surface area contributed by atoms with Crippen LogP contribution in [0.25, 0.3) is 0 Å². The summed E-state index contributed by atoms with van der Waals surface area (Å²) in [5, 5.41) is 5.56. The molecule has 10 heteroatoms. The molecule has 106 valence electrons. The highest BCUT2D eigenvalue weighted by Crippen LogP contribution is 2.12. The van der Waals surface area contributed by atoms with Crippen LogP contribution in [0.5, 0.6) is 0 Å². The van der Waals surface area contributed by atoms with E-state index in [9.17, 15) is 13.2 Å². The van der Waals surface area contributed by atoms with Gasteiger partial charge >= 0.3 is 0 Å². The molecule has 3 N–H and O–H groups in total. The Morgan fingerprint density at radius 3 is 2.79 bits per heavy atom. The highest BCUT2D eigenvalue weighted by molar-refractivity contribution is 7.88. The van der Waals surface area contributed by atoms with Crippen molar-refractivity contribution in [3.8, 4) is 0 Å². The van der Waals surface area contributed by atoms with E-state index in [4.69, 9.17) is 10.6 Å². The lowest BCUT2D eigenvalue weighted by atomic mass is 10.2. The summed E-state index contributed by atoms with van der Waals surface area (Å²) in [4.78, 5) is 20.2. The Hall–Kier alpha value is -1.52. The van der Waals surface area contributed by atoms with Gasteiger partial charge in [0.25, 0.3) is 0 Å². The molecule has 0 aromatic carbocycles. The molecule has 8 nitrogen and oxygen atoms in total. The average molecular weight is 306 g/mol. The molecular formula is C9H14N4O4S2. The van der Waals surface area contributed by atoms with Gasteiger partial charge in [0.15, 0.2) is 16.6 Å². The van der Waals surface area contributed by atoms with Crippen LogP contribution in [0.2, 0.25) is 0 Å².